The van der Waals surface area contributed by atoms with Gasteiger partial charge >= 0.3 is 5.97 Å². The van der Waals surface area contributed by atoms with E-state index in [-0.39, 0.29) is 23.6 Å². The maximum atomic E-state index is 13.0. The summed E-state index contributed by atoms with van der Waals surface area (Å²) in [5, 5.41) is 0. The van der Waals surface area contributed by atoms with E-state index >= 15 is 0 Å². The first-order valence-electron chi connectivity index (χ1n) is 5.66. The molecule has 0 amide bonds. The molecule has 0 unspecified atom stereocenters. The number of carbonyl (C=O) groups is 1. The number of ether oxygens (including phenoxy) is 2. The third kappa shape index (κ3) is 3.29. The maximum absolute atomic E-state index is 13.0. The molecule has 2 rings (SSSR count). The smallest absolute Gasteiger partial charge is 0.310 e. The van der Waals surface area contributed by atoms with E-state index in [1.54, 1.807) is 6.07 Å². The van der Waals surface area contributed by atoms with Gasteiger partial charge < -0.3 is 9.47 Å². The Labute approximate surface area is 113 Å². The highest BCUT2D eigenvalue weighted by Crippen LogP contribution is 2.27. The van der Waals surface area contributed by atoms with Crippen molar-refractivity contribution in [1.29, 1.82) is 0 Å². The minimum absolute atomic E-state index is 0.0607. The second-order valence-corrected chi connectivity index (χ2v) is 5.73. The fraction of sp³-hybridized carbons (Fsp3) is 0.462. The van der Waals surface area contributed by atoms with Crippen LogP contribution in [0.2, 0.25) is 0 Å². The van der Waals surface area contributed by atoms with Gasteiger partial charge in [-0.15, -0.1) is 0 Å². The van der Waals surface area contributed by atoms with E-state index in [0.29, 0.717) is 29.9 Å². The predicted octanol–water partition coefficient (Wildman–Crippen LogP) is 2.71. The van der Waals surface area contributed by atoms with Crippen molar-refractivity contribution in [3.63, 3.8) is 0 Å². The molecule has 1 aliphatic rings. The van der Waals surface area contributed by atoms with Gasteiger partial charge in [0.15, 0.2) is 0 Å². The van der Waals surface area contributed by atoms with Crippen molar-refractivity contribution in [2.24, 2.45) is 5.41 Å². The van der Waals surface area contributed by atoms with E-state index in [4.69, 9.17) is 9.47 Å². The van der Waals surface area contributed by atoms with Crippen LogP contribution in [0.5, 0.6) is 0 Å². The van der Waals surface area contributed by atoms with Gasteiger partial charge in [0.25, 0.3) is 0 Å². The average molecular weight is 317 g/mol. The topological polar surface area (TPSA) is 35.5 Å². The lowest BCUT2D eigenvalue weighted by atomic mass is 9.90. The van der Waals surface area contributed by atoms with Crippen LogP contribution in [0.25, 0.3) is 0 Å². The molecular weight excluding hydrogens is 303 g/mol. The first-order chi connectivity index (χ1) is 8.48. The minimum Gasteiger partial charge on any atom is -0.465 e. The Morgan fingerprint density at radius 3 is 2.89 bits per heavy atom. The average Bonchev–Trinajstić information content (AvgIpc) is 2.29. The highest BCUT2D eigenvalue weighted by atomic mass is 79.9. The predicted molar refractivity (Wildman–Crippen MR) is 67.7 cm³/mol. The third-order valence-electron chi connectivity index (χ3n) is 2.83. The highest BCUT2D eigenvalue weighted by Gasteiger charge is 2.34. The number of benzene rings is 1. The summed E-state index contributed by atoms with van der Waals surface area (Å²) in [6.45, 7) is 3.58. The van der Waals surface area contributed by atoms with Crippen molar-refractivity contribution < 1.29 is 18.7 Å². The van der Waals surface area contributed by atoms with Gasteiger partial charge in [-0.25, -0.2) is 4.39 Å². The van der Waals surface area contributed by atoms with Gasteiger partial charge in [0, 0.05) is 9.89 Å². The largest absolute Gasteiger partial charge is 0.465 e. The molecule has 0 aliphatic carbocycles. The van der Waals surface area contributed by atoms with Crippen LogP contribution in [-0.2, 0) is 20.7 Å². The highest BCUT2D eigenvalue weighted by molar-refractivity contribution is 9.10. The zero-order chi connectivity index (χ0) is 13.2. The molecule has 5 heteroatoms. The van der Waals surface area contributed by atoms with Gasteiger partial charge in [0.1, 0.15) is 12.4 Å². The molecule has 1 aromatic carbocycles. The Bertz CT molecular complexity index is 458. The van der Waals surface area contributed by atoms with Gasteiger partial charge in [-0.1, -0.05) is 22.9 Å². The number of esters is 1. The summed E-state index contributed by atoms with van der Waals surface area (Å²) in [7, 11) is 0. The van der Waals surface area contributed by atoms with Crippen molar-refractivity contribution in [3.8, 4) is 0 Å². The van der Waals surface area contributed by atoms with Crippen LogP contribution >= 0.6 is 15.9 Å². The molecule has 0 atom stereocenters. The van der Waals surface area contributed by atoms with Crippen molar-refractivity contribution in [2.45, 2.75) is 13.3 Å². The standard InChI is InChI=1S/C13H14BrFO3/c1-13(6-17-7-13)8-18-12(16)5-9-4-10(15)2-3-11(9)14/h2-4H,5-8H2,1H3. The summed E-state index contributed by atoms with van der Waals surface area (Å²) in [6.07, 6.45) is 0.0648. The molecule has 3 nitrogen and oxygen atoms in total. The molecule has 18 heavy (non-hydrogen) atoms. The van der Waals surface area contributed by atoms with Crippen LogP contribution in [0.1, 0.15) is 12.5 Å². The normalized spacial score (nSPS) is 17.1. The number of halogens is 2. The van der Waals surface area contributed by atoms with Crippen LogP contribution in [0, 0.1) is 11.2 Å². The van der Waals surface area contributed by atoms with Crippen molar-refractivity contribution in [2.75, 3.05) is 19.8 Å². The molecule has 1 heterocycles. The minimum atomic E-state index is -0.361. The molecule has 0 N–H and O–H groups in total. The van der Waals surface area contributed by atoms with Gasteiger partial charge in [0.2, 0.25) is 0 Å². The molecule has 0 saturated carbocycles. The van der Waals surface area contributed by atoms with E-state index in [1.165, 1.54) is 12.1 Å². The lowest BCUT2D eigenvalue weighted by Crippen LogP contribution is -2.44. The van der Waals surface area contributed by atoms with Gasteiger partial charge in [-0.2, -0.15) is 0 Å². The molecule has 1 fully saturated rings. The first kappa shape index (κ1) is 13.5. The molecule has 0 spiro atoms. The lowest BCUT2D eigenvalue weighted by Gasteiger charge is -2.37. The van der Waals surface area contributed by atoms with E-state index in [0.717, 1.165) is 0 Å². The molecule has 98 valence electrons. The van der Waals surface area contributed by atoms with Crippen molar-refractivity contribution >= 4 is 21.9 Å². The Kier molecular flexibility index (Phi) is 4.02. The summed E-state index contributed by atoms with van der Waals surface area (Å²) in [6, 6.07) is 4.25. The summed E-state index contributed by atoms with van der Waals surface area (Å²) >= 11 is 3.28. The summed E-state index contributed by atoms with van der Waals surface area (Å²) < 4.78 is 24.0. The molecule has 1 aliphatic heterocycles. The zero-order valence-corrected chi connectivity index (χ0v) is 11.6. The number of hydrogen-bond donors (Lipinski definition) is 0. The fourth-order valence-electron chi connectivity index (χ4n) is 1.67. The van der Waals surface area contributed by atoms with Gasteiger partial charge in [-0.3, -0.25) is 4.79 Å². The van der Waals surface area contributed by atoms with Crippen LogP contribution in [0.3, 0.4) is 0 Å². The van der Waals surface area contributed by atoms with Gasteiger partial charge in [0.05, 0.1) is 19.6 Å². The molecule has 0 bridgehead atoms. The maximum Gasteiger partial charge on any atom is 0.310 e. The SMILES string of the molecule is CC1(COC(=O)Cc2cc(F)ccc2Br)COC1. The summed E-state index contributed by atoms with van der Waals surface area (Å²) in [4.78, 5) is 11.7. The number of rotatable bonds is 4. The fourth-order valence-corrected chi connectivity index (χ4v) is 2.06. The second kappa shape index (κ2) is 5.36. The Hall–Kier alpha value is -0.940. The van der Waals surface area contributed by atoms with E-state index in [2.05, 4.69) is 15.9 Å². The van der Waals surface area contributed by atoms with E-state index < -0.39 is 0 Å². The summed E-state index contributed by atoms with van der Waals surface area (Å²) in [5.74, 6) is -0.713. The van der Waals surface area contributed by atoms with Crippen molar-refractivity contribution in [1.82, 2.24) is 0 Å². The number of hydrogen-bond acceptors (Lipinski definition) is 3. The Morgan fingerprint density at radius 1 is 1.56 bits per heavy atom. The Balaban J connectivity index is 1.88. The third-order valence-corrected chi connectivity index (χ3v) is 3.60. The second-order valence-electron chi connectivity index (χ2n) is 4.88. The molecule has 0 aromatic heterocycles. The lowest BCUT2D eigenvalue weighted by molar-refractivity contribution is -0.164. The van der Waals surface area contributed by atoms with Crippen LogP contribution < -0.4 is 0 Å². The van der Waals surface area contributed by atoms with Crippen LogP contribution in [0.15, 0.2) is 22.7 Å². The van der Waals surface area contributed by atoms with Crippen LogP contribution in [-0.4, -0.2) is 25.8 Å². The van der Waals surface area contributed by atoms with Crippen LogP contribution in [0.4, 0.5) is 4.39 Å². The zero-order valence-electron chi connectivity index (χ0n) is 10.0. The quantitative estimate of drug-likeness (QED) is 0.801. The summed E-state index contributed by atoms with van der Waals surface area (Å²) in [5.41, 5.74) is 0.532. The molecule has 1 aromatic rings. The first-order valence-corrected chi connectivity index (χ1v) is 6.45. The van der Waals surface area contributed by atoms with E-state index in [9.17, 15) is 9.18 Å². The Morgan fingerprint density at radius 2 is 2.28 bits per heavy atom. The monoisotopic (exact) mass is 316 g/mol. The molecule has 0 radical (unpaired) electrons. The molecular formula is C13H14BrFO3. The van der Waals surface area contributed by atoms with E-state index in [1.807, 2.05) is 6.92 Å². The van der Waals surface area contributed by atoms with Crippen molar-refractivity contribution in [3.05, 3.63) is 34.1 Å². The number of carbonyl (C=O) groups excluding carboxylic acids is 1. The van der Waals surface area contributed by atoms with Gasteiger partial charge in [-0.05, 0) is 23.8 Å². The molecule has 1 saturated heterocycles.